The first-order valence-corrected chi connectivity index (χ1v) is 4.06. The van der Waals surface area contributed by atoms with Gasteiger partial charge in [0, 0.05) is 7.05 Å². The number of nitrogens with zero attached hydrogens (tertiary/aromatic N) is 2. The van der Waals surface area contributed by atoms with Crippen molar-refractivity contribution in [1.29, 1.82) is 0 Å². The van der Waals surface area contributed by atoms with E-state index >= 15 is 0 Å². The fourth-order valence-corrected chi connectivity index (χ4v) is 0.638. The Morgan fingerprint density at radius 1 is 1.64 bits per heavy atom. The first-order chi connectivity index (χ1) is 6.65. The summed E-state index contributed by atoms with van der Waals surface area (Å²) in [5, 5.41) is 12.4. The molecule has 1 rings (SSSR count). The number of imidazole rings is 1. The fraction of sp³-hybridized carbons (Fsp3) is 0.429. The van der Waals surface area contributed by atoms with Gasteiger partial charge in [0.2, 0.25) is 0 Å². The number of hydrogen-bond donors (Lipinski definition) is 2. The van der Waals surface area contributed by atoms with Gasteiger partial charge < -0.3 is 15.4 Å². The zero-order chi connectivity index (χ0) is 11.1. The molecule has 1 heterocycles. The maximum Gasteiger partial charge on any atom is 0.341 e. The minimum Gasteiger partial charge on any atom is -0.358 e. The molecule has 1 amide bonds. The van der Waals surface area contributed by atoms with Crippen molar-refractivity contribution >= 4 is 11.7 Å². The molecule has 7 heteroatoms. The van der Waals surface area contributed by atoms with Crippen molar-refractivity contribution in [3.63, 3.8) is 0 Å². The minimum atomic E-state index is -0.653. The third-order valence-corrected chi connectivity index (χ3v) is 1.20. The summed E-state index contributed by atoms with van der Waals surface area (Å²) in [4.78, 5) is 26.0. The van der Waals surface area contributed by atoms with Crippen LogP contribution in [0.5, 0.6) is 0 Å². The summed E-state index contributed by atoms with van der Waals surface area (Å²) in [6.45, 7) is 4.00. The van der Waals surface area contributed by atoms with E-state index in [4.69, 9.17) is 0 Å². The van der Waals surface area contributed by atoms with E-state index in [0.29, 0.717) is 0 Å². The molecule has 0 spiro atoms. The molecule has 0 aliphatic carbocycles. The first-order valence-electron chi connectivity index (χ1n) is 4.06. The molecule has 1 aromatic rings. The maximum atomic E-state index is 10.8. The third kappa shape index (κ3) is 2.85. The van der Waals surface area contributed by atoms with E-state index in [9.17, 15) is 14.9 Å². The van der Waals surface area contributed by atoms with E-state index in [1.165, 1.54) is 7.05 Å². The van der Waals surface area contributed by atoms with Crippen LogP contribution in [0.15, 0.2) is 6.20 Å². The summed E-state index contributed by atoms with van der Waals surface area (Å²) < 4.78 is 0. The second kappa shape index (κ2) is 5.68. The normalized spacial score (nSPS) is 8.50. The Labute approximate surface area is 80.7 Å². The van der Waals surface area contributed by atoms with Crippen molar-refractivity contribution in [3.8, 4) is 0 Å². The molecule has 14 heavy (non-hydrogen) atoms. The lowest BCUT2D eigenvalue weighted by Gasteiger charge is -1.88. The van der Waals surface area contributed by atoms with Crippen LogP contribution in [0.2, 0.25) is 0 Å². The Balaban J connectivity index is 0.000000791. The topological polar surface area (TPSA) is 101 Å². The number of H-pyrrole nitrogens is 1. The predicted octanol–water partition coefficient (Wildman–Crippen LogP) is 0.704. The van der Waals surface area contributed by atoms with Crippen molar-refractivity contribution in [3.05, 3.63) is 22.1 Å². The van der Waals surface area contributed by atoms with Crippen molar-refractivity contribution in [2.24, 2.45) is 0 Å². The van der Waals surface area contributed by atoms with Gasteiger partial charge in [0.1, 0.15) is 6.20 Å². The average Bonchev–Trinajstić information content (AvgIpc) is 2.68. The van der Waals surface area contributed by atoms with Gasteiger partial charge in [0.05, 0.1) is 0 Å². The summed E-state index contributed by atoms with van der Waals surface area (Å²) in [5.41, 5.74) is 0. The standard InChI is InChI=1S/C5H6N4O3.C2H6/c1-6-5(10)4-7-2-3(8-4)9(11)12;1-2/h2H,1H3,(H,6,10)(H,7,8);1-2H3. The van der Waals surface area contributed by atoms with Crippen molar-refractivity contribution < 1.29 is 9.72 Å². The largest absolute Gasteiger partial charge is 0.358 e. The number of carbonyl (C=O) groups is 1. The van der Waals surface area contributed by atoms with E-state index in [1.807, 2.05) is 13.8 Å². The summed E-state index contributed by atoms with van der Waals surface area (Å²) in [6.07, 6.45) is 0.991. The van der Waals surface area contributed by atoms with Crippen LogP contribution in [0.1, 0.15) is 24.5 Å². The van der Waals surface area contributed by atoms with E-state index in [1.54, 1.807) is 0 Å². The highest BCUT2D eigenvalue weighted by molar-refractivity contribution is 5.90. The molecule has 0 saturated carbocycles. The van der Waals surface area contributed by atoms with Gasteiger partial charge in [-0.1, -0.05) is 13.8 Å². The fourth-order valence-electron chi connectivity index (χ4n) is 0.638. The molecular weight excluding hydrogens is 188 g/mol. The minimum absolute atomic E-state index is 0.0656. The highest BCUT2D eigenvalue weighted by Crippen LogP contribution is 2.05. The van der Waals surface area contributed by atoms with E-state index in [-0.39, 0.29) is 11.6 Å². The molecule has 0 radical (unpaired) electrons. The SMILES string of the molecule is CC.CNC(=O)c1ncc([N+](=O)[O-])[nH]1. The number of nitrogens with one attached hydrogen (secondary N) is 2. The number of amides is 1. The summed E-state index contributed by atoms with van der Waals surface area (Å²) >= 11 is 0. The molecule has 0 aromatic carbocycles. The highest BCUT2D eigenvalue weighted by atomic mass is 16.6. The lowest BCUT2D eigenvalue weighted by atomic mass is 10.6. The molecule has 0 bridgehead atoms. The van der Waals surface area contributed by atoms with Crippen LogP contribution in [0.25, 0.3) is 0 Å². The van der Waals surface area contributed by atoms with Crippen LogP contribution >= 0.6 is 0 Å². The zero-order valence-corrected chi connectivity index (χ0v) is 8.20. The molecule has 0 atom stereocenters. The van der Waals surface area contributed by atoms with Gasteiger partial charge in [-0.15, -0.1) is 0 Å². The third-order valence-electron chi connectivity index (χ3n) is 1.20. The summed E-state index contributed by atoms with van der Waals surface area (Å²) in [7, 11) is 1.41. The highest BCUT2D eigenvalue weighted by Gasteiger charge is 2.15. The van der Waals surface area contributed by atoms with Crippen LogP contribution in [0, 0.1) is 10.1 Å². The second-order valence-corrected chi connectivity index (χ2v) is 1.95. The maximum absolute atomic E-state index is 10.8. The number of carbonyl (C=O) groups excluding carboxylic acids is 1. The molecule has 0 fully saturated rings. The molecule has 0 aliphatic heterocycles. The smallest absolute Gasteiger partial charge is 0.341 e. The van der Waals surface area contributed by atoms with Gasteiger partial charge >= 0.3 is 11.7 Å². The Morgan fingerprint density at radius 2 is 2.21 bits per heavy atom. The Bertz CT molecular complexity index is 320. The summed E-state index contributed by atoms with van der Waals surface area (Å²) in [5.74, 6) is -0.846. The lowest BCUT2D eigenvalue weighted by Crippen LogP contribution is -2.19. The number of rotatable bonds is 2. The number of nitro groups is 1. The molecule has 0 saturated heterocycles. The molecule has 78 valence electrons. The molecule has 0 aliphatic rings. The number of aromatic amines is 1. The van der Waals surface area contributed by atoms with Gasteiger partial charge in [-0.3, -0.25) is 4.79 Å². The Kier molecular flexibility index (Phi) is 4.90. The van der Waals surface area contributed by atoms with Crippen molar-refractivity contribution in [1.82, 2.24) is 15.3 Å². The number of aromatic nitrogens is 2. The van der Waals surface area contributed by atoms with E-state index < -0.39 is 10.8 Å². The Hall–Kier alpha value is -1.92. The average molecular weight is 200 g/mol. The zero-order valence-electron chi connectivity index (χ0n) is 8.20. The Morgan fingerprint density at radius 3 is 2.57 bits per heavy atom. The second-order valence-electron chi connectivity index (χ2n) is 1.95. The van der Waals surface area contributed by atoms with Gasteiger partial charge in [0.25, 0.3) is 5.82 Å². The van der Waals surface area contributed by atoms with Crippen LogP contribution in [0.3, 0.4) is 0 Å². The summed E-state index contributed by atoms with van der Waals surface area (Å²) in [6, 6.07) is 0. The van der Waals surface area contributed by atoms with Gasteiger partial charge in [0.15, 0.2) is 0 Å². The monoisotopic (exact) mass is 200 g/mol. The number of hydrogen-bond acceptors (Lipinski definition) is 4. The van der Waals surface area contributed by atoms with Crippen LogP contribution in [-0.2, 0) is 0 Å². The molecule has 7 nitrogen and oxygen atoms in total. The van der Waals surface area contributed by atoms with Crippen LogP contribution in [0.4, 0.5) is 5.82 Å². The van der Waals surface area contributed by atoms with Gasteiger partial charge in [-0.25, -0.2) is 9.97 Å². The molecule has 1 aromatic heterocycles. The quantitative estimate of drug-likeness (QED) is 0.542. The molecular formula is C7H12N4O3. The van der Waals surface area contributed by atoms with Gasteiger partial charge in [-0.2, -0.15) is 0 Å². The predicted molar refractivity (Wildman–Crippen MR) is 50.0 cm³/mol. The van der Waals surface area contributed by atoms with E-state index in [2.05, 4.69) is 15.3 Å². The molecule has 2 N–H and O–H groups in total. The first kappa shape index (κ1) is 12.1. The van der Waals surface area contributed by atoms with E-state index in [0.717, 1.165) is 6.20 Å². The van der Waals surface area contributed by atoms with Gasteiger partial charge in [-0.05, 0) is 4.92 Å². The van der Waals surface area contributed by atoms with Crippen molar-refractivity contribution in [2.75, 3.05) is 7.05 Å². The lowest BCUT2D eigenvalue weighted by molar-refractivity contribution is -0.389. The van der Waals surface area contributed by atoms with Crippen molar-refractivity contribution in [2.45, 2.75) is 13.8 Å². The van der Waals surface area contributed by atoms with Crippen LogP contribution < -0.4 is 5.32 Å². The van der Waals surface area contributed by atoms with Crippen LogP contribution in [-0.4, -0.2) is 27.8 Å². The molecule has 0 unspecified atom stereocenters.